The zero-order valence-corrected chi connectivity index (χ0v) is 48.2. The van der Waals surface area contributed by atoms with Crippen molar-refractivity contribution in [3.05, 3.63) is 0 Å². The number of carbonyl (C=O) groups excluding carboxylic acids is 1. The van der Waals surface area contributed by atoms with Crippen LogP contribution in [0.1, 0.15) is 322 Å². The molecule has 0 aromatic heterocycles. The number of unbranched alkanes of at least 4 members (excludes halogenated alkanes) is 45. The van der Waals surface area contributed by atoms with Gasteiger partial charge in [-0.15, -0.1) is 0 Å². The highest BCUT2D eigenvalue weighted by Crippen LogP contribution is 2.38. The van der Waals surface area contributed by atoms with Crippen molar-refractivity contribution in [1.29, 1.82) is 0 Å². The Balaban J connectivity index is 3.97. The number of phosphoric acid groups is 1. The predicted octanol–water partition coefficient (Wildman–Crippen LogP) is 18.9. The van der Waals surface area contributed by atoms with E-state index in [-0.39, 0.29) is 25.8 Å². The fraction of sp³-hybridized carbons (Fsp3) is 0.983. The van der Waals surface area contributed by atoms with Crippen molar-refractivity contribution < 1.29 is 37.3 Å². The Morgan fingerprint density at radius 1 is 0.391 bits per heavy atom. The summed E-state index contributed by atoms with van der Waals surface area (Å²) in [4.78, 5) is 25.3. The van der Waals surface area contributed by atoms with Gasteiger partial charge in [0, 0.05) is 13.0 Å². The third-order valence-electron chi connectivity index (χ3n) is 14.2. The first kappa shape index (κ1) is 68.5. The van der Waals surface area contributed by atoms with Crippen LogP contribution in [-0.2, 0) is 27.9 Å². The lowest BCUT2D eigenvalue weighted by atomic mass is 10.0. The molecule has 0 heterocycles. The summed E-state index contributed by atoms with van der Waals surface area (Å²) < 4.78 is 34.9. The van der Waals surface area contributed by atoms with E-state index in [9.17, 15) is 14.3 Å². The highest BCUT2D eigenvalue weighted by atomic mass is 31.2. The number of ether oxygens (including phenoxy) is 2. The van der Waals surface area contributed by atoms with Crippen LogP contribution in [0.25, 0.3) is 0 Å². The van der Waals surface area contributed by atoms with Crippen molar-refractivity contribution in [2.24, 2.45) is 0 Å². The molecule has 2 atom stereocenters. The van der Waals surface area contributed by atoms with E-state index in [1.54, 1.807) is 0 Å². The summed E-state index contributed by atoms with van der Waals surface area (Å²) >= 11 is 0. The van der Waals surface area contributed by atoms with Crippen LogP contribution < -0.4 is 4.89 Å². The Kier molecular flexibility index (Phi) is 53.4. The van der Waals surface area contributed by atoms with Crippen LogP contribution in [0.4, 0.5) is 0 Å². The number of phosphoric ester groups is 1. The smallest absolute Gasteiger partial charge is 0.306 e. The lowest BCUT2D eigenvalue weighted by Crippen LogP contribution is -2.37. The van der Waals surface area contributed by atoms with Gasteiger partial charge in [0.25, 0.3) is 7.82 Å². The van der Waals surface area contributed by atoms with E-state index < -0.39 is 13.9 Å². The van der Waals surface area contributed by atoms with Gasteiger partial charge in [-0.25, -0.2) is 0 Å². The van der Waals surface area contributed by atoms with Gasteiger partial charge in [0.2, 0.25) is 0 Å². The highest BCUT2D eigenvalue weighted by molar-refractivity contribution is 7.45. The summed E-state index contributed by atoms with van der Waals surface area (Å²) in [5.74, 6) is -0.322. The average molecular weight is 1000 g/mol. The first-order chi connectivity index (χ1) is 33.6. The maximum atomic E-state index is 12.8. The Labute approximate surface area is 431 Å². The molecule has 0 aromatic rings. The SMILES string of the molecule is CCCCCCCCCCCCCCCCCCCCCCCCCCCC(=O)OC(COCCCCCCCCCCCCCCCCCCCCCCCC)COP(=O)([O-])OCC[N+](C)(C)C. The quantitative estimate of drug-likeness (QED) is 0.0259. The molecular weight excluding hydrogens is 878 g/mol. The Morgan fingerprint density at radius 3 is 0.957 bits per heavy atom. The summed E-state index contributed by atoms with van der Waals surface area (Å²) in [5, 5.41) is 0. The lowest BCUT2D eigenvalue weighted by molar-refractivity contribution is -0.870. The molecule has 0 aliphatic carbocycles. The molecule has 0 fully saturated rings. The van der Waals surface area contributed by atoms with Crippen LogP contribution in [-0.4, -0.2) is 70.7 Å². The zero-order chi connectivity index (χ0) is 50.5. The van der Waals surface area contributed by atoms with E-state index in [0.29, 0.717) is 24.1 Å². The van der Waals surface area contributed by atoms with Crippen LogP contribution >= 0.6 is 7.82 Å². The molecule has 0 aliphatic heterocycles. The standard InChI is InChI=1S/C60H122NO7P/c1-6-8-10-12-14-16-18-20-22-24-26-28-30-31-32-33-35-37-39-41-43-45-47-49-51-53-60(62)68-59(58-67-69(63,64)66-56-54-61(3,4)5)57-65-55-52-50-48-46-44-42-40-38-36-34-29-27-25-23-21-19-17-15-13-11-9-7-2/h59H,6-58H2,1-5H3. The second-order valence-corrected chi connectivity index (χ2v) is 23.8. The number of rotatable bonds is 59. The number of likely N-dealkylation sites (N-methyl/N-ethyl adjacent to an activating group) is 1. The molecule has 0 saturated heterocycles. The van der Waals surface area contributed by atoms with Gasteiger partial charge in [0.15, 0.2) is 0 Å². The van der Waals surface area contributed by atoms with Crippen molar-refractivity contribution in [3.8, 4) is 0 Å². The number of nitrogens with zero attached hydrogens (tertiary/aromatic N) is 1. The molecule has 0 saturated carbocycles. The van der Waals surface area contributed by atoms with Gasteiger partial charge in [-0.3, -0.25) is 9.36 Å². The second kappa shape index (κ2) is 53.8. The number of hydrogen-bond donors (Lipinski definition) is 0. The van der Waals surface area contributed by atoms with Gasteiger partial charge in [-0.1, -0.05) is 303 Å². The maximum absolute atomic E-state index is 12.8. The minimum absolute atomic E-state index is 0.0321. The van der Waals surface area contributed by atoms with Crippen molar-refractivity contribution in [3.63, 3.8) is 0 Å². The molecule has 8 nitrogen and oxygen atoms in total. The van der Waals surface area contributed by atoms with Gasteiger partial charge in [-0.05, 0) is 12.8 Å². The number of esters is 1. The largest absolute Gasteiger partial charge is 0.756 e. The summed E-state index contributed by atoms with van der Waals surface area (Å²) in [6, 6.07) is 0. The van der Waals surface area contributed by atoms with Gasteiger partial charge in [-0.2, -0.15) is 0 Å². The number of quaternary nitrogens is 1. The molecule has 0 radical (unpaired) electrons. The summed E-state index contributed by atoms with van der Waals surface area (Å²) in [5.41, 5.74) is 0. The molecule has 9 heteroatoms. The van der Waals surface area contributed by atoms with Crippen molar-refractivity contribution in [1.82, 2.24) is 0 Å². The lowest BCUT2D eigenvalue weighted by Gasteiger charge is -2.28. The van der Waals surface area contributed by atoms with Crippen LogP contribution in [0.2, 0.25) is 0 Å². The second-order valence-electron chi connectivity index (χ2n) is 22.4. The molecule has 0 amide bonds. The van der Waals surface area contributed by atoms with E-state index in [2.05, 4.69) is 13.8 Å². The molecule has 0 aliphatic rings. The zero-order valence-electron chi connectivity index (χ0n) is 47.3. The fourth-order valence-electron chi connectivity index (χ4n) is 9.44. The predicted molar refractivity (Wildman–Crippen MR) is 296 cm³/mol. The minimum atomic E-state index is -4.53. The Morgan fingerprint density at radius 2 is 0.667 bits per heavy atom. The molecule has 2 unspecified atom stereocenters. The molecule has 0 rings (SSSR count). The van der Waals surface area contributed by atoms with Crippen molar-refractivity contribution >= 4 is 13.8 Å². The molecule has 0 spiro atoms. The van der Waals surface area contributed by atoms with Crippen LogP contribution in [0.15, 0.2) is 0 Å². The summed E-state index contributed by atoms with van der Waals surface area (Å²) in [7, 11) is 1.38. The van der Waals surface area contributed by atoms with Gasteiger partial charge < -0.3 is 27.9 Å². The molecule has 0 bridgehead atoms. The minimum Gasteiger partial charge on any atom is -0.756 e. The van der Waals surface area contributed by atoms with E-state index in [1.165, 1.54) is 270 Å². The Hall–Kier alpha value is -0.500. The Bertz CT molecular complexity index is 1070. The summed E-state index contributed by atoms with van der Waals surface area (Å²) in [6.07, 6.45) is 63.0. The maximum Gasteiger partial charge on any atom is 0.306 e. The molecule has 414 valence electrons. The van der Waals surface area contributed by atoms with Gasteiger partial charge >= 0.3 is 5.97 Å². The molecule has 69 heavy (non-hydrogen) atoms. The van der Waals surface area contributed by atoms with Crippen LogP contribution in [0.5, 0.6) is 0 Å². The van der Waals surface area contributed by atoms with E-state index in [1.807, 2.05) is 21.1 Å². The van der Waals surface area contributed by atoms with Crippen LogP contribution in [0, 0.1) is 0 Å². The van der Waals surface area contributed by atoms with Crippen molar-refractivity contribution in [2.45, 2.75) is 328 Å². The normalized spacial score (nSPS) is 13.3. The average Bonchev–Trinajstić information content (AvgIpc) is 3.31. The third-order valence-corrected chi connectivity index (χ3v) is 15.1. The van der Waals surface area contributed by atoms with Gasteiger partial charge in [0.05, 0.1) is 34.4 Å². The number of hydrogen-bond acceptors (Lipinski definition) is 7. The third kappa shape index (κ3) is 58.3. The van der Waals surface area contributed by atoms with Crippen LogP contribution in [0.3, 0.4) is 0 Å². The monoisotopic (exact) mass is 1000 g/mol. The van der Waals surface area contributed by atoms with E-state index >= 15 is 0 Å². The van der Waals surface area contributed by atoms with E-state index in [0.717, 1.165) is 32.1 Å². The van der Waals surface area contributed by atoms with E-state index in [4.69, 9.17) is 18.5 Å². The number of carbonyl (C=O) groups is 1. The first-order valence-corrected chi connectivity index (χ1v) is 32.2. The molecule has 0 N–H and O–H groups in total. The topological polar surface area (TPSA) is 94.1 Å². The first-order valence-electron chi connectivity index (χ1n) is 30.8. The summed E-state index contributed by atoms with van der Waals surface area (Å²) in [6.45, 7) is 5.52. The highest BCUT2D eigenvalue weighted by Gasteiger charge is 2.20. The molecule has 0 aromatic carbocycles. The van der Waals surface area contributed by atoms with Gasteiger partial charge in [0.1, 0.15) is 19.3 Å². The molecular formula is C60H122NO7P. The fourth-order valence-corrected chi connectivity index (χ4v) is 10.2. The van der Waals surface area contributed by atoms with Crippen molar-refractivity contribution in [2.75, 3.05) is 54.1 Å².